The van der Waals surface area contributed by atoms with Crippen LogP contribution in [0.15, 0.2) is 35.3 Å². The molecule has 0 radical (unpaired) electrons. The van der Waals surface area contributed by atoms with E-state index in [1.807, 2.05) is 18.2 Å². The highest BCUT2D eigenvalue weighted by molar-refractivity contribution is 6.06. The summed E-state index contributed by atoms with van der Waals surface area (Å²) in [7, 11) is 0. The molecule has 1 aromatic carbocycles. The SMILES string of the molecule is NC1=NC(=O)NC12CCCN(Cc1ccccc1)C2. The fraction of sp³-hybridized carbons (Fsp3) is 0.429. The number of nitrogens with one attached hydrogen (secondary N) is 1. The van der Waals surface area contributed by atoms with Gasteiger partial charge in [0.1, 0.15) is 11.4 Å². The Labute approximate surface area is 112 Å². The zero-order valence-corrected chi connectivity index (χ0v) is 10.8. The minimum atomic E-state index is -0.440. The number of aliphatic imine (C=N–C) groups is 1. The standard InChI is InChI=1S/C14H18N4O/c15-12-14(17-13(19)16-12)7-4-8-18(10-14)9-11-5-2-1-3-6-11/h1-3,5-6H,4,7-10H2,(H3,15,16,17,19). The molecule has 5 heteroatoms. The van der Waals surface area contributed by atoms with Gasteiger partial charge in [0.05, 0.1) is 0 Å². The molecule has 19 heavy (non-hydrogen) atoms. The first kappa shape index (κ1) is 12.2. The fourth-order valence-corrected chi connectivity index (χ4v) is 2.95. The van der Waals surface area contributed by atoms with Crippen LogP contribution < -0.4 is 11.1 Å². The van der Waals surface area contributed by atoms with Gasteiger partial charge in [-0.2, -0.15) is 4.99 Å². The van der Waals surface area contributed by atoms with Gasteiger partial charge in [0.15, 0.2) is 0 Å². The Kier molecular flexibility index (Phi) is 2.98. The van der Waals surface area contributed by atoms with Crippen LogP contribution in [-0.2, 0) is 6.54 Å². The Morgan fingerprint density at radius 2 is 2.16 bits per heavy atom. The summed E-state index contributed by atoms with van der Waals surface area (Å²) < 4.78 is 0. The zero-order chi connectivity index (χ0) is 13.3. The van der Waals surface area contributed by atoms with E-state index in [4.69, 9.17) is 5.73 Å². The van der Waals surface area contributed by atoms with Gasteiger partial charge >= 0.3 is 6.03 Å². The monoisotopic (exact) mass is 258 g/mol. The van der Waals surface area contributed by atoms with Crippen molar-refractivity contribution in [1.82, 2.24) is 10.2 Å². The zero-order valence-electron chi connectivity index (χ0n) is 10.8. The Morgan fingerprint density at radius 3 is 2.84 bits per heavy atom. The number of amidine groups is 1. The molecule has 2 amide bonds. The van der Waals surface area contributed by atoms with E-state index in [1.54, 1.807) is 0 Å². The van der Waals surface area contributed by atoms with Crippen molar-refractivity contribution in [2.75, 3.05) is 13.1 Å². The van der Waals surface area contributed by atoms with Crippen molar-refractivity contribution >= 4 is 11.9 Å². The van der Waals surface area contributed by atoms with Crippen molar-refractivity contribution in [2.45, 2.75) is 24.9 Å². The summed E-state index contributed by atoms with van der Waals surface area (Å²) in [6.45, 7) is 2.65. The molecule has 5 nitrogen and oxygen atoms in total. The summed E-state index contributed by atoms with van der Waals surface area (Å²) in [4.78, 5) is 17.5. The molecule has 1 unspecified atom stereocenters. The van der Waals surface area contributed by atoms with Gasteiger partial charge in [0.25, 0.3) is 0 Å². The van der Waals surface area contributed by atoms with Gasteiger partial charge in [0.2, 0.25) is 0 Å². The molecule has 0 aliphatic carbocycles. The molecule has 100 valence electrons. The maximum atomic E-state index is 11.4. The van der Waals surface area contributed by atoms with E-state index in [1.165, 1.54) is 5.56 Å². The summed E-state index contributed by atoms with van der Waals surface area (Å²) in [5, 5.41) is 2.93. The summed E-state index contributed by atoms with van der Waals surface area (Å²) in [5.41, 5.74) is 6.77. The topological polar surface area (TPSA) is 70.7 Å². The van der Waals surface area contributed by atoms with Crippen LogP contribution in [0.25, 0.3) is 0 Å². The highest BCUT2D eigenvalue weighted by Crippen LogP contribution is 2.25. The second kappa shape index (κ2) is 4.66. The minimum Gasteiger partial charge on any atom is -0.385 e. The molecule has 0 saturated carbocycles. The number of urea groups is 1. The van der Waals surface area contributed by atoms with Crippen LogP contribution in [0.4, 0.5) is 4.79 Å². The van der Waals surface area contributed by atoms with Crippen LogP contribution in [0.2, 0.25) is 0 Å². The van der Waals surface area contributed by atoms with Crippen LogP contribution in [0.5, 0.6) is 0 Å². The second-order valence-electron chi connectivity index (χ2n) is 5.31. The van der Waals surface area contributed by atoms with Gasteiger partial charge in [0, 0.05) is 13.1 Å². The van der Waals surface area contributed by atoms with Gasteiger partial charge < -0.3 is 11.1 Å². The third-order valence-corrected chi connectivity index (χ3v) is 3.88. The second-order valence-corrected chi connectivity index (χ2v) is 5.31. The molecule has 1 saturated heterocycles. The number of amides is 2. The molecule has 2 aliphatic rings. The lowest BCUT2D eigenvalue weighted by molar-refractivity contribution is 0.162. The van der Waals surface area contributed by atoms with Gasteiger partial charge in [-0.1, -0.05) is 30.3 Å². The smallest absolute Gasteiger partial charge is 0.343 e. The molecule has 2 heterocycles. The summed E-state index contributed by atoms with van der Waals surface area (Å²) >= 11 is 0. The normalized spacial score (nSPS) is 27.4. The molecule has 0 bridgehead atoms. The predicted octanol–water partition coefficient (Wildman–Crippen LogP) is 1.10. The first-order chi connectivity index (χ1) is 9.18. The molecular formula is C14H18N4O. The van der Waals surface area contributed by atoms with E-state index >= 15 is 0 Å². The number of benzene rings is 1. The Morgan fingerprint density at radius 1 is 1.37 bits per heavy atom. The van der Waals surface area contributed by atoms with Crippen LogP contribution in [0.1, 0.15) is 18.4 Å². The number of carbonyl (C=O) groups excluding carboxylic acids is 1. The molecule has 3 N–H and O–H groups in total. The van der Waals surface area contributed by atoms with Crippen LogP contribution in [0.3, 0.4) is 0 Å². The van der Waals surface area contributed by atoms with Crippen molar-refractivity contribution in [3.05, 3.63) is 35.9 Å². The Balaban J connectivity index is 1.72. The highest BCUT2D eigenvalue weighted by Gasteiger charge is 2.44. The van der Waals surface area contributed by atoms with Crippen molar-refractivity contribution in [3.63, 3.8) is 0 Å². The lowest BCUT2D eigenvalue weighted by atomic mass is 9.88. The maximum absolute atomic E-state index is 11.4. The Hall–Kier alpha value is -1.88. The fourth-order valence-electron chi connectivity index (χ4n) is 2.95. The van der Waals surface area contributed by atoms with E-state index in [9.17, 15) is 4.79 Å². The number of hydrogen-bond acceptors (Lipinski definition) is 3. The lowest BCUT2D eigenvalue weighted by Crippen LogP contribution is -2.61. The minimum absolute atomic E-state index is 0.306. The molecular weight excluding hydrogens is 240 g/mol. The van der Waals surface area contributed by atoms with E-state index in [-0.39, 0.29) is 6.03 Å². The average molecular weight is 258 g/mol. The van der Waals surface area contributed by atoms with Crippen molar-refractivity contribution in [3.8, 4) is 0 Å². The van der Waals surface area contributed by atoms with E-state index < -0.39 is 5.54 Å². The van der Waals surface area contributed by atoms with Crippen LogP contribution >= 0.6 is 0 Å². The molecule has 0 aromatic heterocycles. The number of carbonyl (C=O) groups is 1. The molecule has 1 spiro atoms. The van der Waals surface area contributed by atoms with Crippen molar-refractivity contribution < 1.29 is 4.79 Å². The quantitative estimate of drug-likeness (QED) is 0.834. The van der Waals surface area contributed by atoms with Crippen molar-refractivity contribution in [2.24, 2.45) is 10.7 Å². The van der Waals surface area contributed by atoms with Gasteiger partial charge in [-0.3, -0.25) is 4.90 Å². The van der Waals surface area contributed by atoms with E-state index in [0.717, 1.165) is 32.5 Å². The third-order valence-electron chi connectivity index (χ3n) is 3.88. The maximum Gasteiger partial charge on any atom is 0.343 e. The van der Waals surface area contributed by atoms with Gasteiger partial charge in [-0.05, 0) is 24.9 Å². The number of nitrogens with two attached hydrogens (primary N) is 1. The van der Waals surface area contributed by atoms with Gasteiger partial charge in [-0.15, -0.1) is 0 Å². The first-order valence-corrected chi connectivity index (χ1v) is 6.61. The summed E-state index contributed by atoms with van der Waals surface area (Å²) in [6.07, 6.45) is 1.89. The number of hydrogen-bond donors (Lipinski definition) is 2. The molecule has 2 aliphatic heterocycles. The highest BCUT2D eigenvalue weighted by atomic mass is 16.2. The Bertz CT molecular complexity index is 513. The molecule has 3 rings (SSSR count). The van der Waals surface area contributed by atoms with Gasteiger partial charge in [-0.25, -0.2) is 4.79 Å². The van der Waals surface area contributed by atoms with E-state index in [0.29, 0.717) is 5.84 Å². The predicted molar refractivity (Wildman–Crippen MR) is 73.8 cm³/mol. The summed E-state index contributed by atoms with van der Waals surface area (Å²) in [6, 6.07) is 10.0. The number of likely N-dealkylation sites (tertiary alicyclic amines) is 1. The largest absolute Gasteiger partial charge is 0.385 e. The van der Waals surface area contributed by atoms with E-state index in [2.05, 4.69) is 27.3 Å². The lowest BCUT2D eigenvalue weighted by Gasteiger charge is -2.39. The molecule has 1 atom stereocenters. The molecule has 1 fully saturated rings. The number of piperidine rings is 1. The summed E-state index contributed by atoms with van der Waals surface area (Å²) in [5.74, 6) is 0.440. The first-order valence-electron chi connectivity index (χ1n) is 6.61. The van der Waals surface area contributed by atoms with Crippen molar-refractivity contribution in [1.29, 1.82) is 0 Å². The van der Waals surface area contributed by atoms with Crippen LogP contribution in [-0.4, -0.2) is 35.4 Å². The number of nitrogens with zero attached hydrogens (tertiary/aromatic N) is 2. The third kappa shape index (κ3) is 2.33. The average Bonchev–Trinajstić information content (AvgIpc) is 2.65. The van der Waals surface area contributed by atoms with Crippen LogP contribution in [0, 0.1) is 0 Å². The molecule has 1 aromatic rings. The number of rotatable bonds is 2.